The molecule has 1 saturated heterocycles. The van der Waals surface area contributed by atoms with Crippen molar-refractivity contribution in [1.29, 1.82) is 0 Å². The molecular formula is C21H22BrFN4O2. The zero-order chi connectivity index (χ0) is 20.4. The molecule has 1 amide bonds. The van der Waals surface area contributed by atoms with Crippen LogP contribution < -0.4 is 0 Å². The predicted molar refractivity (Wildman–Crippen MR) is 110 cm³/mol. The lowest BCUT2D eigenvalue weighted by Crippen LogP contribution is -2.44. The topological polar surface area (TPSA) is 64.2 Å². The van der Waals surface area contributed by atoms with E-state index < -0.39 is 0 Å². The van der Waals surface area contributed by atoms with Crippen LogP contribution in [0.1, 0.15) is 32.6 Å². The van der Waals surface area contributed by atoms with Gasteiger partial charge in [-0.05, 0) is 71.9 Å². The largest absolute Gasteiger partial charge is 0.338 e. The smallest absolute Gasteiger partial charge is 0.274 e. The van der Waals surface area contributed by atoms with Crippen molar-refractivity contribution in [1.82, 2.24) is 19.6 Å². The number of benzene rings is 1. The van der Waals surface area contributed by atoms with Crippen LogP contribution >= 0.6 is 15.9 Å². The average molecular weight is 461 g/mol. The molecule has 4 rings (SSSR count). The first-order valence-electron chi connectivity index (χ1n) is 9.81. The van der Waals surface area contributed by atoms with Crippen LogP contribution in [0.2, 0.25) is 0 Å². The Bertz CT molecular complexity index is 1020. The molecule has 2 aromatic heterocycles. The van der Waals surface area contributed by atoms with E-state index in [9.17, 15) is 9.18 Å². The first-order valence-corrected chi connectivity index (χ1v) is 10.6. The first kappa shape index (κ1) is 19.8. The van der Waals surface area contributed by atoms with Gasteiger partial charge in [0.15, 0.2) is 0 Å². The molecule has 3 aromatic rings. The number of piperidine rings is 1. The maximum absolute atomic E-state index is 13.5. The standard InChI is InChI=1S/C21H22BrFN4O2/c1-2-15-6-3-4-11-27(15)19(28)13-26-10-5-7-18(26)21-24-20(25-29-21)14-8-9-17(23)16(22)12-14/h5,7-10,12,15H,2-4,6,11,13H2,1H3/t15-/m1/s1. The van der Waals surface area contributed by atoms with Gasteiger partial charge in [0.1, 0.15) is 18.1 Å². The number of nitrogens with zero attached hydrogens (tertiary/aromatic N) is 4. The van der Waals surface area contributed by atoms with Gasteiger partial charge in [-0.3, -0.25) is 4.79 Å². The first-order chi connectivity index (χ1) is 14.1. The van der Waals surface area contributed by atoms with Crippen molar-refractivity contribution in [2.45, 2.75) is 45.2 Å². The molecule has 0 aliphatic carbocycles. The molecule has 6 nitrogen and oxygen atoms in total. The van der Waals surface area contributed by atoms with Crippen molar-refractivity contribution in [3.8, 4) is 23.0 Å². The molecule has 0 bridgehead atoms. The summed E-state index contributed by atoms with van der Waals surface area (Å²) in [6.07, 6.45) is 6.13. The summed E-state index contributed by atoms with van der Waals surface area (Å²) in [5, 5.41) is 4.01. The van der Waals surface area contributed by atoms with Crippen LogP contribution in [-0.4, -0.2) is 38.1 Å². The summed E-state index contributed by atoms with van der Waals surface area (Å²) in [6, 6.07) is 8.57. The second kappa shape index (κ2) is 8.49. The van der Waals surface area contributed by atoms with Crippen molar-refractivity contribution in [2.75, 3.05) is 6.54 Å². The number of carbonyl (C=O) groups is 1. The molecule has 8 heteroatoms. The lowest BCUT2D eigenvalue weighted by atomic mass is 10.00. The van der Waals surface area contributed by atoms with Gasteiger partial charge in [0.25, 0.3) is 5.89 Å². The van der Waals surface area contributed by atoms with E-state index in [2.05, 4.69) is 33.0 Å². The van der Waals surface area contributed by atoms with Crippen LogP contribution in [0.4, 0.5) is 4.39 Å². The monoisotopic (exact) mass is 460 g/mol. The SMILES string of the molecule is CC[C@@H]1CCCCN1C(=O)Cn1cccc1-c1nc(-c2ccc(F)c(Br)c2)no1. The Morgan fingerprint density at radius 3 is 3.00 bits per heavy atom. The third kappa shape index (κ3) is 4.12. The molecule has 1 atom stereocenters. The van der Waals surface area contributed by atoms with Gasteiger partial charge in [0, 0.05) is 24.3 Å². The van der Waals surface area contributed by atoms with E-state index in [0.29, 0.717) is 33.5 Å². The van der Waals surface area contributed by atoms with Crippen LogP contribution in [0.3, 0.4) is 0 Å². The minimum absolute atomic E-state index is 0.108. The van der Waals surface area contributed by atoms with Crippen molar-refractivity contribution < 1.29 is 13.7 Å². The van der Waals surface area contributed by atoms with Crippen LogP contribution in [0.15, 0.2) is 45.5 Å². The van der Waals surface area contributed by atoms with E-state index in [1.54, 1.807) is 12.1 Å². The van der Waals surface area contributed by atoms with Gasteiger partial charge in [-0.1, -0.05) is 12.1 Å². The summed E-state index contributed by atoms with van der Waals surface area (Å²) in [5.74, 6) is 0.440. The Kier molecular flexibility index (Phi) is 5.80. The second-order valence-corrected chi connectivity index (χ2v) is 8.07. The molecule has 1 aliphatic rings. The van der Waals surface area contributed by atoms with E-state index in [1.165, 1.54) is 12.5 Å². The van der Waals surface area contributed by atoms with Gasteiger partial charge in [0.2, 0.25) is 11.7 Å². The fourth-order valence-corrected chi connectivity index (χ4v) is 4.19. The normalized spacial score (nSPS) is 16.9. The maximum Gasteiger partial charge on any atom is 0.274 e. The Balaban J connectivity index is 1.54. The van der Waals surface area contributed by atoms with E-state index in [-0.39, 0.29) is 18.3 Å². The number of rotatable bonds is 5. The molecule has 0 saturated carbocycles. The van der Waals surface area contributed by atoms with Gasteiger partial charge >= 0.3 is 0 Å². The molecular weight excluding hydrogens is 439 g/mol. The summed E-state index contributed by atoms with van der Waals surface area (Å²) in [6.45, 7) is 3.18. The average Bonchev–Trinajstić information content (AvgIpc) is 3.39. The summed E-state index contributed by atoms with van der Waals surface area (Å²) in [7, 11) is 0. The maximum atomic E-state index is 13.5. The van der Waals surface area contributed by atoms with E-state index >= 15 is 0 Å². The summed E-state index contributed by atoms with van der Waals surface area (Å²) in [4.78, 5) is 19.4. The quantitative estimate of drug-likeness (QED) is 0.543. The Morgan fingerprint density at radius 2 is 2.21 bits per heavy atom. The van der Waals surface area contributed by atoms with Gasteiger partial charge in [0.05, 0.1) is 4.47 Å². The predicted octanol–water partition coefficient (Wildman–Crippen LogP) is 4.90. The molecule has 1 fully saturated rings. The van der Waals surface area contributed by atoms with Crippen LogP contribution in [0.5, 0.6) is 0 Å². The van der Waals surface area contributed by atoms with Crippen molar-refractivity contribution >= 4 is 21.8 Å². The van der Waals surface area contributed by atoms with Gasteiger partial charge in [-0.2, -0.15) is 4.98 Å². The summed E-state index contributed by atoms with van der Waals surface area (Å²) >= 11 is 3.17. The fourth-order valence-electron chi connectivity index (χ4n) is 3.82. The molecule has 0 N–H and O–H groups in total. The molecule has 152 valence electrons. The third-order valence-electron chi connectivity index (χ3n) is 5.38. The van der Waals surface area contributed by atoms with Gasteiger partial charge in [-0.15, -0.1) is 0 Å². The summed E-state index contributed by atoms with van der Waals surface area (Å²) in [5.41, 5.74) is 1.32. The van der Waals surface area contributed by atoms with Crippen LogP contribution in [-0.2, 0) is 11.3 Å². The molecule has 29 heavy (non-hydrogen) atoms. The van der Waals surface area contributed by atoms with E-state index in [0.717, 1.165) is 25.8 Å². The zero-order valence-electron chi connectivity index (χ0n) is 16.1. The molecule has 1 aliphatic heterocycles. The molecule has 3 heterocycles. The van der Waals surface area contributed by atoms with Crippen molar-refractivity contribution in [2.24, 2.45) is 0 Å². The zero-order valence-corrected chi connectivity index (χ0v) is 17.7. The summed E-state index contributed by atoms with van der Waals surface area (Å²) < 4.78 is 21.1. The molecule has 0 spiro atoms. The fraction of sp³-hybridized carbons (Fsp3) is 0.381. The highest BCUT2D eigenvalue weighted by molar-refractivity contribution is 9.10. The van der Waals surface area contributed by atoms with Gasteiger partial charge in [-0.25, -0.2) is 4.39 Å². The minimum Gasteiger partial charge on any atom is -0.338 e. The number of halogens is 2. The van der Waals surface area contributed by atoms with Crippen molar-refractivity contribution in [3.05, 3.63) is 46.8 Å². The number of aromatic nitrogens is 3. The minimum atomic E-state index is -0.354. The number of likely N-dealkylation sites (tertiary alicyclic amines) is 1. The van der Waals surface area contributed by atoms with Crippen LogP contribution in [0, 0.1) is 5.82 Å². The molecule has 1 aromatic carbocycles. The second-order valence-electron chi connectivity index (χ2n) is 7.22. The Labute approximate surface area is 176 Å². The lowest BCUT2D eigenvalue weighted by Gasteiger charge is -2.35. The number of hydrogen-bond donors (Lipinski definition) is 0. The third-order valence-corrected chi connectivity index (χ3v) is 5.98. The van der Waals surface area contributed by atoms with Crippen molar-refractivity contribution in [3.63, 3.8) is 0 Å². The van der Waals surface area contributed by atoms with E-state index in [1.807, 2.05) is 27.8 Å². The number of amides is 1. The van der Waals surface area contributed by atoms with Gasteiger partial charge < -0.3 is 14.0 Å². The highest BCUT2D eigenvalue weighted by Gasteiger charge is 2.26. The number of carbonyl (C=O) groups excluding carboxylic acids is 1. The highest BCUT2D eigenvalue weighted by Crippen LogP contribution is 2.27. The van der Waals surface area contributed by atoms with Crippen LogP contribution in [0.25, 0.3) is 23.0 Å². The Hall–Kier alpha value is -2.48. The number of hydrogen-bond acceptors (Lipinski definition) is 4. The molecule has 0 unspecified atom stereocenters. The highest BCUT2D eigenvalue weighted by atomic mass is 79.9. The van der Waals surface area contributed by atoms with E-state index in [4.69, 9.17) is 4.52 Å². The Morgan fingerprint density at radius 1 is 1.34 bits per heavy atom. The molecule has 0 radical (unpaired) electrons. The lowest BCUT2D eigenvalue weighted by molar-refractivity contribution is -0.135.